The van der Waals surface area contributed by atoms with Crippen LogP contribution in [0, 0.1) is 6.92 Å². The van der Waals surface area contributed by atoms with Gasteiger partial charge >= 0.3 is 0 Å². The van der Waals surface area contributed by atoms with Gasteiger partial charge in [-0.25, -0.2) is 15.0 Å². The molecule has 0 saturated heterocycles. The summed E-state index contributed by atoms with van der Waals surface area (Å²) in [7, 11) is 4.08. The first-order valence-corrected chi connectivity index (χ1v) is 10.3. The molecule has 0 spiro atoms. The average molecular weight is 422 g/mol. The molecular formula is C21H23N7OS. The molecule has 3 aromatic heterocycles. The molecule has 4 rings (SSSR count). The van der Waals surface area contributed by atoms with Gasteiger partial charge in [-0.05, 0) is 31.7 Å². The monoisotopic (exact) mass is 421 g/mol. The van der Waals surface area contributed by atoms with E-state index in [0.717, 1.165) is 44.8 Å². The van der Waals surface area contributed by atoms with E-state index in [1.165, 1.54) is 6.33 Å². The molecule has 0 atom stereocenters. The van der Waals surface area contributed by atoms with Crippen LogP contribution in [0.5, 0.6) is 5.75 Å². The summed E-state index contributed by atoms with van der Waals surface area (Å²) < 4.78 is 8.15. The van der Waals surface area contributed by atoms with Crippen LogP contribution < -0.4 is 4.74 Å². The summed E-state index contributed by atoms with van der Waals surface area (Å²) in [5.41, 5.74) is 3.10. The molecule has 0 aliphatic carbocycles. The lowest BCUT2D eigenvalue weighted by atomic mass is 10.0. The summed E-state index contributed by atoms with van der Waals surface area (Å²) in [6, 6.07) is 6.16. The fourth-order valence-corrected chi connectivity index (χ4v) is 3.77. The number of nitrogens with zero attached hydrogens (tertiary/aromatic N) is 7. The molecule has 0 saturated carbocycles. The van der Waals surface area contributed by atoms with Crippen molar-refractivity contribution in [2.24, 2.45) is 7.05 Å². The fraction of sp³-hybridized carbons (Fsp3) is 0.286. The van der Waals surface area contributed by atoms with Crippen LogP contribution in [0.4, 0.5) is 0 Å². The van der Waals surface area contributed by atoms with Crippen LogP contribution >= 0.6 is 11.3 Å². The Hall–Kier alpha value is -3.17. The number of aromatic nitrogens is 6. The second-order valence-electron chi connectivity index (χ2n) is 7.08. The van der Waals surface area contributed by atoms with Gasteiger partial charge in [-0.2, -0.15) is 0 Å². The van der Waals surface area contributed by atoms with Crippen molar-refractivity contribution in [1.82, 2.24) is 34.6 Å². The number of hydrogen-bond donors (Lipinski definition) is 0. The smallest absolute Gasteiger partial charge is 0.155 e. The second kappa shape index (κ2) is 9.10. The second-order valence-corrected chi connectivity index (χ2v) is 8.35. The SMILES string of the molecule is Cc1nnc(COc2ccc(-c3cncnc3)cc2CN(C)Cc2nccn2C)s1. The Morgan fingerprint density at radius 3 is 2.63 bits per heavy atom. The largest absolute Gasteiger partial charge is 0.486 e. The van der Waals surface area contributed by atoms with Gasteiger partial charge in [0.25, 0.3) is 0 Å². The Bertz CT molecular complexity index is 1110. The van der Waals surface area contributed by atoms with Gasteiger partial charge in [0, 0.05) is 49.5 Å². The highest BCUT2D eigenvalue weighted by molar-refractivity contribution is 7.11. The maximum Gasteiger partial charge on any atom is 0.155 e. The zero-order valence-electron chi connectivity index (χ0n) is 17.2. The Morgan fingerprint density at radius 2 is 1.93 bits per heavy atom. The van der Waals surface area contributed by atoms with Crippen LogP contribution in [-0.2, 0) is 26.7 Å². The lowest BCUT2D eigenvalue weighted by molar-refractivity contribution is 0.277. The van der Waals surface area contributed by atoms with Crippen LogP contribution in [-0.4, -0.2) is 41.7 Å². The summed E-state index contributed by atoms with van der Waals surface area (Å²) >= 11 is 1.55. The van der Waals surface area contributed by atoms with E-state index in [-0.39, 0.29) is 0 Å². The lowest BCUT2D eigenvalue weighted by Crippen LogP contribution is -2.20. The predicted octanol–water partition coefficient (Wildman–Crippen LogP) is 3.25. The summed E-state index contributed by atoms with van der Waals surface area (Å²) in [6.07, 6.45) is 8.94. The first-order chi connectivity index (χ1) is 14.6. The summed E-state index contributed by atoms with van der Waals surface area (Å²) in [6.45, 7) is 3.78. The number of ether oxygens (including phenoxy) is 1. The molecule has 0 fully saturated rings. The number of benzene rings is 1. The summed E-state index contributed by atoms with van der Waals surface area (Å²) in [5, 5.41) is 10.0. The van der Waals surface area contributed by atoms with Crippen molar-refractivity contribution in [2.45, 2.75) is 26.6 Å². The molecule has 8 nitrogen and oxygen atoms in total. The van der Waals surface area contributed by atoms with Gasteiger partial charge in [-0.1, -0.05) is 17.4 Å². The lowest BCUT2D eigenvalue weighted by Gasteiger charge is -2.19. The van der Waals surface area contributed by atoms with E-state index in [0.29, 0.717) is 13.2 Å². The fourth-order valence-electron chi connectivity index (χ4n) is 3.14. The third-order valence-corrected chi connectivity index (χ3v) is 5.46. The van der Waals surface area contributed by atoms with E-state index >= 15 is 0 Å². The van der Waals surface area contributed by atoms with Gasteiger partial charge < -0.3 is 9.30 Å². The van der Waals surface area contributed by atoms with Crippen LogP contribution in [0.25, 0.3) is 11.1 Å². The maximum absolute atomic E-state index is 6.12. The molecular weight excluding hydrogens is 398 g/mol. The van der Waals surface area contributed by atoms with E-state index in [2.05, 4.69) is 43.2 Å². The van der Waals surface area contributed by atoms with E-state index in [4.69, 9.17) is 4.74 Å². The van der Waals surface area contributed by atoms with Crippen molar-refractivity contribution in [3.05, 3.63) is 70.7 Å². The van der Waals surface area contributed by atoms with E-state index < -0.39 is 0 Å². The first-order valence-electron chi connectivity index (χ1n) is 9.53. The normalized spacial score (nSPS) is 11.2. The zero-order valence-corrected chi connectivity index (χ0v) is 18.0. The van der Waals surface area contributed by atoms with E-state index in [9.17, 15) is 0 Å². The number of aryl methyl sites for hydroxylation is 2. The van der Waals surface area contributed by atoms with Crippen molar-refractivity contribution in [2.75, 3.05) is 7.05 Å². The van der Waals surface area contributed by atoms with Crippen LogP contribution in [0.1, 0.15) is 21.4 Å². The van der Waals surface area contributed by atoms with Crippen molar-refractivity contribution < 1.29 is 4.74 Å². The molecule has 3 heterocycles. The van der Waals surface area contributed by atoms with E-state index in [1.54, 1.807) is 11.3 Å². The molecule has 9 heteroatoms. The van der Waals surface area contributed by atoms with Gasteiger partial charge in [0.2, 0.25) is 0 Å². The first kappa shape index (κ1) is 20.1. The highest BCUT2D eigenvalue weighted by atomic mass is 32.1. The van der Waals surface area contributed by atoms with E-state index in [1.807, 2.05) is 55.5 Å². The molecule has 0 aliphatic heterocycles. The molecule has 1 aromatic carbocycles. The summed E-state index contributed by atoms with van der Waals surface area (Å²) in [5.74, 6) is 1.84. The summed E-state index contributed by atoms with van der Waals surface area (Å²) in [4.78, 5) is 14.9. The Labute approximate surface area is 179 Å². The van der Waals surface area contributed by atoms with Crippen LogP contribution in [0.3, 0.4) is 0 Å². The molecule has 0 aliphatic rings. The Balaban J connectivity index is 1.57. The van der Waals surface area contributed by atoms with Crippen LogP contribution in [0.2, 0.25) is 0 Å². The van der Waals surface area contributed by atoms with Gasteiger partial charge in [-0.3, -0.25) is 4.90 Å². The molecule has 0 bridgehead atoms. The number of hydrogen-bond acceptors (Lipinski definition) is 8. The molecule has 0 unspecified atom stereocenters. The number of imidazole rings is 1. The number of rotatable bonds is 8. The quantitative estimate of drug-likeness (QED) is 0.432. The average Bonchev–Trinajstić information content (AvgIpc) is 3.35. The van der Waals surface area contributed by atoms with Crippen molar-refractivity contribution in [1.29, 1.82) is 0 Å². The molecule has 30 heavy (non-hydrogen) atoms. The van der Waals surface area contributed by atoms with Crippen molar-refractivity contribution >= 4 is 11.3 Å². The van der Waals surface area contributed by atoms with Gasteiger partial charge in [0.1, 0.15) is 29.5 Å². The third-order valence-electron chi connectivity index (χ3n) is 4.65. The van der Waals surface area contributed by atoms with Gasteiger partial charge in [-0.15, -0.1) is 10.2 Å². The predicted molar refractivity (Wildman–Crippen MR) is 115 cm³/mol. The minimum absolute atomic E-state index is 0.398. The molecule has 4 aromatic rings. The highest BCUT2D eigenvalue weighted by Crippen LogP contribution is 2.28. The molecule has 0 N–H and O–H groups in total. The zero-order chi connectivity index (χ0) is 20.9. The van der Waals surface area contributed by atoms with Crippen molar-refractivity contribution in [3.63, 3.8) is 0 Å². The topological polar surface area (TPSA) is 81.8 Å². The minimum atomic E-state index is 0.398. The Kier molecular flexibility index (Phi) is 6.10. The standard InChI is InChI=1S/C21H23N7OS/c1-15-25-26-21(30-15)13-29-19-5-4-16(18-9-22-14-23-10-18)8-17(19)11-27(2)12-20-24-6-7-28(20)3/h4-10,14H,11-13H2,1-3H3. The van der Waals surface area contributed by atoms with Gasteiger partial charge in [0.15, 0.2) is 5.01 Å². The molecule has 154 valence electrons. The third kappa shape index (κ3) is 4.87. The Morgan fingerprint density at radius 1 is 1.10 bits per heavy atom. The highest BCUT2D eigenvalue weighted by Gasteiger charge is 2.13. The van der Waals surface area contributed by atoms with Crippen molar-refractivity contribution in [3.8, 4) is 16.9 Å². The molecule has 0 amide bonds. The molecule has 0 radical (unpaired) electrons. The van der Waals surface area contributed by atoms with Gasteiger partial charge in [0.05, 0.1) is 6.54 Å². The maximum atomic E-state index is 6.12. The minimum Gasteiger partial charge on any atom is -0.486 e. The van der Waals surface area contributed by atoms with Crippen LogP contribution in [0.15, 0.2) is 49.3 Å².